The summed E-state index contributed by atoms with van der Waals surface area (Å²) in [7, 11) is 0. The molecule has 0 fully saturated rings. The Hall–Kier alpha value is -2.12. The van der Waals surface area contributed by atoms with Gasteiger partial charge >= 0.3 is 6.18 Å². The Morgan fingerprint density at radius 2 is 2.17 bits per heavy atom. The van der Waals surface area contributed by atoms with Gasteiger partial charge in [0.2, 0.25) is 0 Å². The molecule has 5 nitrogen and oxygen atoms in total. The molecule has 0 atom stereocenters. The quantitative estimate of drug-likeness (QED) is 0.648. The molecule has 0 aromatic carbocycles. The molecule has 0 amide bonds. The molecule has 0 saturated heterocycles. The lowest BCUT2D eigenvalue weighted by Crippen LogP contribution is -2.15. The lowest BCUT2D eigenvalue weighted by atomic mass is 10.2. The van der Waals surface area contributed by atoms with Gasteiger partial charge in [-0.3, -0.25) is 5.41 Å². The number of amidine groups is 1. The number of rotatable bonds is 3. The van der Waals surface area contributed by atoms with Crippen molar-refractivity contribution >= 4 is 16.9 Å². The second kappa shape index (κ2) is 4.28. The normalized spacial score (nSPS) is 11.9. The Morgan fingerprint density at radius 3 is 2.78 bits per heavy atom. The van der Waals surface area contributed by atoms with Gasteiger partial charge in [-0.1, -0.05) is 0 Å². The van der Waals surface area contributed by atoms with Crippen LogP contribution in [0, 0.1) is 5.41 Å². The number of hydrogen-bond donors (Lipinski definition) is 2. The number of fused-ring (bicyclic) bond motifs is 1. The van der Waals surface area contributed by atoms with Crippen LogP contribution in [0.15, 0.2) is 18.3 Å². The second-order valence-electron chi connectivity index (χ2n) is 3.73. The van der Waals surface area contributed by atoms with E-state index in [0.29, 0.717) is 11.0 Å². The summed E-state index contributed by atoms with van der Waals surface area (Å²) < 4.78 is 37.7. The second-order valence-corrected chi connectivity index (χ2v) is 3.73. The van der Waals surface area contributed by atoms with E-state index in [4.69, 9.17) is 11.1 Å². The van der Waals surface area contributed by atoms with Crippen LogP contribution >= 0.6 is 0 Å². The Morgan fingerprint density at radius 1 is 1.44 bits per heavy atom. The lowest BCUT2D eigenvalue weighted by molar-refractivity contribution is -0.137. The van der Waals surface area contributed by atoms with Crippen molar-refractivity contribution in [2.75, 3.05) is 0 Å². The van der Waals surface area contributed by atoms with Crippen molar-refractivity contribution in [1.29, 1.82) is 5.41 Å². The minimum Gasteiger partial charge on any atom is -0.382 e. The molecule has 3 N–H and O–H groups in total. The van der Waals surface area contributed by atoms with Gasteiger partial charge in [-0.25, -0.2) is 9.67 Å². The molecule has 8 heteroatoms. The SMILES string of the molecule is N=C(N)c1nn(CCC(F)(F)F)c2ncccc12. The number of halogens is 3. The van der Waals surface area contributed by atoms with E-state index >= 15 is 0 Å². The Kier molecular flexibility index (Phi) is 2.93. The van der Waals surface area contributed by atoms with Crippen LogP contribution in [-0.4, -0.2) is 26.8 Å². The average molecular weight is 257 g/mol. The molecule has 2 aromatic rings. The number of nitrogen functional groups attached to an aromatic ring is 1. The summed E-state index contributed by atoms with van der Waals surface area (Å²) in [5, 5.41) is 11.7. The molecule has 18 heavy (non-hydrogen) atoms. The fourth-order valence-electron chi connectivity index (χ4n) is 1.60. The zero-order chi connectivity index (χ0) is 13.3. The molecule has 0 aliphatic carbocycles. The molecular weight excluding hydrogens is 247 g/mol. The summed E-state index contributed by atoms with van der Waals surface area (Å²) in [6.45, 7) is -0.343. The third-order valence-corrected chi connectivity index (χ3v) is 2.37. The first-order valence-corrected chi connectivity index (χ1v) is 5.11. The summed E-state index contributed by atoms with van der Waals surface area (Å²) in [5.41, 5.74) is 5.78. The summed E-state index contributed by atoms with van der Waals surface area (Å²) in [6.07, 6.45) is -3.81. The molecule has 96 valence electrons. The van der Waals surface area contributed by atoms with E-state index in [1.165, 1.54) is 6.20 Å². The number of pyridine rings is 1. The first-order chi connectivity index (χ1) is 8.38. The number of nitrogens with one attached hydrogen (secondary N) is 1. The minimum absolute atomic E-state index is 0.153. The van der Waals surface area contributed by atoms with Gasteiger partial charge in [-0.2, -0.15) is 18.3 Å². The first-order valence-electron chi connectivity index (χ1n) is 5.11. The van der Waals surface area contributed by atoms with E-state index in [1.54, 1.807) is 12.1 Å². The van der Waals surface area contributed by atoms with Crippen LogP contribution < -0.4 is 5.73 Å². The number of hydrogen-bond acceptors (Lipinski definition) is 3. The number of aryl methyl sites for hydroxylation is 1. The van der Waals surface area contributed by atoms with Gasteiger partial charge < -0.3 is 5.73 Å². The summed E-state index contributed by atoms with van der Waals surface area (Å²) >= 11 is 0. The Balaban J connectivity index is 2.42. The first kappa shape index (κ1) is 12.3. The van der Waals surface area contributed by atoms with Gasteiger partial charge in [0.15, 0.2) is 5.65 Å². The highest BCUT2D eigenvalue weighted by Crippen LogP contribution is 2.22. The zero-order valence-corrected chi connectivity index (χ0v) is 9.20. The molecule has 0 unspecified atom stereocenters. The standard InChI is InChI=1S/C10H10F3N5/c11-10(12,13)3-5-18-9-6(2-1-4-16-9)7(17-18)8(14)15/h1-2,4H,3,5H2,(H3,14,15). The maximum atomic E-state index is 12.2. The van der Waals surface area contributed by atoms with Crippen LogP contribution in [0.1, 0.15) is 12.1 Å². The molecule has 2 rings (SSSR count). The van der Waals surface area contributed by atoms with Crippen molar-refractivity contribution in [2.45, 2.75) is 19.1 Å². The van der Waals surface area contributed by atoms with Crippen molar-refractivity contribution in [1.82, 2.24) is 14.8 Å². The molecule has 0 bridgehead atoms. The maximum Gasteiger partial charge on any atom is 0.390 e. The molecule has 0 spiro atoms. The topological polar surface area (TPSA) is 80.6 Å². The van der Waals surface area contributed by atoms with Crippen molar-refractivity contribution < 1.29 is 13.2 Å². The van der Waals surface area contributed by atoms with Crippen molar-refractivity contribution in [3.8, 4) is 0 Å². The van der Waals surface area contributed by atoms with E-state index in [0.717, 1.165) is 4.68 Å². The molecule has 0 saturated carbocycles. The summed E-state index contributed by atoms with van der Waals surface area (Å²) in [5.74, 6) is -0.293. The number of alkyl halides is 3. The van der Waals surface area contributed by atoms with Gasteiger partial charge in [0, 0.05) is 6.20 Å². The highest BCUT2D eigenvalue weighted by molar-refractivity contribution is 6.04. The maximum absolute atomic E-state index is 12.2. The van der Waals surface area contributed by atoms with E-state index in [2.05, 4.69) is 10.1 Å². The van der Waals surface area contributed by atoms with Crippen LogP contribution in [-0.2, 0) is 6.54 Å². The van der Waals surface area contributed by atoms with Crippen molar-refractivity contribution in [2.24, 2.45) is 5.73 Å². The van der Waals surface area contributed by atoms with Crippen LogP contribution in [0.3, 0.4) is 0 Å². The molecule has 0 radical (unpaired) electrons. The van der Waals surface area contributed by atoms with Gasteiger partial charge in [-0.15, -0.1) is 0 Å². The third kappa shape index (κ3) is 2.41. The summed E-state index contributed by atoms with van der Waals surface area (Å²) in [4.78, 5) is 3.97. The number of nitrogens with zero attached hydrogens (tertiary/aromatic N) is 3. The molecule has 0 aliphatic rings. The predicted molar refractivity (Wildman–Crippen MR) is 59.2 cm³/mol. The minimum atomic E-state index is -4.26. The van der Waals surface area contributed by atoms with Gasteiger partial charge in [0.25, 0.3) is 0 Å². The number of nitrogens with two attached hydrogens (primary N) is 1. The van der Waals surface area contributed by atoms with Crippen molar-refractivity contribution in [3.63, 3.8) is 0 Å². The third-order valence-electron chi connectivity index (χ3n) is 2.37. The lowest BCUT2D eigenvalue weighted by Gasteiger charge is -2.06. The van der Waals surface area contributed by atoms with Crippen LogP contribution in [0.4, 0.5) is 13.2 Å². The fourth-order valence-corrected chi connectivity index (χ4v) is 1.60. The van der Waals surface area contributed by atoms with Crippen LogP contribution in [0.5, 0.6) is 0 Å². The van der Waals surface area contributed by atoms with Gasteiger partial charge in [0.05, 0.1) is 18.4 Å². The highest BCUT2D eigenvalue weighted by Gasteiger charge is 2.27. The van der Waals surface area contributed by atoms with E-state index < -0.39 is 12.6 Å². The van der Waals surface area contributed by atoms with E-state index in [-0.39, 0.29) is 18.1 Å². The van der Waals surface area contributed by atoms with E-state index in [1.807, 2.05) is 0 Å². The average Bonchev–Trinajstić information content (AvgIpc) is 2.64. The molecule has 0 aliphatic heterocycles. The Bertz CT molecular complexity index is 587. The smallest absolute Gasteiger partial charge is 0.382 e. The van der Waals surface area contributed by atoms with E-state index in [9.17, 15) is 13.2 Å². The largest absolute Gasteiger partial charge is 0.390 e. The summed E-state index contributed by atoms with van der Waals surface area (Å²) in [6, 6.07) is 3.24. The van der Waals surface area contributed by atoms with Gasteiger partial charge in [-0.05, 0) is 12.1 Å². The fraction of sp³-hybridized carbons (Fsp3) is 0.300. The molecule has 2 heterocycles. The monoisotopic (exact) mass is 257 g/mol. The number of aromatic nitrogens is 3. The Labute approximate surface area is 99.9 Å². The van der Waals surface area contributed by atoms with Crippen molar-refractivity contribution in [3.05, 3.63) is 24.0 Å². The highest BCUT2D eigenvalue weighted by atomic mass is 19.4. The molecular formula is C10H10F3N5. The van der Waals surface area contributed by atoms with Gasteiger partial charge in [0.1, 0.15) is 11.5 Å². The van der Waals surface area contributed by atoms with Crippen LogP contribution in [0.25, 0.3) is 11.0 Å². The zero-order valence-electron chi connectivity index (χ0n) is 9.20. The van der Waals surface area contributed by atoms with Crippen LogP contribution in [0.2, 0.25) is 0 Å². The molecule has 2 aromatic heterocycles. The predicted octanol–water partition coefficient (Wildman–Crippen LogP) is 1.67.